The highest BCUT2D eigenvalue weighted by molar-refractivity contribution is 6.10. The van der Waals surface area contributed by atoms with E-state index in [1.807, 2.05) is 0 Å². The lowest BCUT2D eigenvalue weighted by molar-refractivity contribution is -0.0665. The van der Waals surface area contributed by atoms with Crippen molar-refractivity contribution in [2.75, 3.05) is 0 Å². The first kappa shape index (κ1) is 9.12. The van der Waals surface area contributed by atoms with Crippen LogP contribution in [0.1, 0.15) is 46.0 Å². The second kappa shape index (κ2) is 3.62. The van der Waals surface area contributed by atoms with Gasteiger partial charge < -0.3 is 4.74 Å². The van der Waals surface area contributed by atoms with Crippen LogP contribution in [0.25, 0.3) is 0 Å². The summed E-state index contributed by atoms with van der Waals surface area (Å²) in [4.78, 5) is 0. The molecule has 0 saturated heterocycles. The molecule has 1 atom stereocenters. The topological polar surface area (TPSA) is 9.23 Å². The van der Waals surface area contributed by atoms with Crippen LogP contribution in [-0.4, -0.2) is 19.5 Å². The van der Waals surface area contributed by atoms with Gasteiger partial charge in [0.25, 0.3) is 0 Å². The molecule has 1 fully saturated rings. The van der Waals surface area contributed by atoms with Crippen molar-refractivity contribution >= 4 is 7.85 Å². The fraction of sp³-hybridized carbons (Fsp3) is 1.00. The molecule has 0 heterocycles. The van der Waals surface area contributed by atoms with Crippen LogP contribution >= 0.6 is 0 Å². The average molecular weight is 154 g/mol. The van der Waals surface area contributed by atoms with Crippen molar-refractivity contribution < 1.29 is 4.74 Å². The van der Waals surface area contributed by atoms with Gasteiger partial charge in [-0.25, -0.2) is 0 Å². The van der Waals surface area contributed by atoms with Crippen molar-refractivity contribution in [1.29, 1.82) is 0 Å². The Morgan fingerprint density at radius 1 is 1.27 bits per heavy atom. The van der Waals surface area contributed by atoms with Gasteiger partial charge in [-0.15, -0.1) is 0 Å². The Hall–Kier alpha value is 0.0249. The second-order valence-corrected chi connectivity index (χ2v) is 4.18. The first-order valence-electron chi connectivity index (χ1n) is 4.80. The normalized spacial score (nSPS) is 26.4. The van der Waals surface area contributed by atoms with Gasteiger partial charge >= 0.3 is 0 Å². The fourth-order valence-corrected chi connectivity index (χ4v) is 1.99. The summed E-state index contributed by atoms with van der Waals surface area (Å²) in [6.07, 6.45) is 6.61. The van der Waals surface area contributed by atoms with Gasteiger partial charge in [0.05, 0.1) is 5.60 Å². The molecule has 2 heteroatoms. The molecular weight excluding hydrogens is 135 g/mol. The molecule has 1 saturated carbocycles. The molecule has 0 aliphatic heterocycles. The molecule has 11 heavy (non-hydrogen) atoms. The zero-order valence-electron chi connectivity index (χ0n) is 8.02. The van der Waals surface area contributed by atoms with Gasteiger partial charge in [-0.2, -0.15) is 0 Å². The van der Waals surface area contributed by atoms with Crippen LogP contribution in [0.4, 0.5) is 0 Å². The Kier molecular flexibility index (Phi) is 3.00. The molecule has 1 rings (SSSR count). The predicted octanol–water partition coefficient (Wildman–Crippen LogP) is 1.70. The van der Waals surface area contributed by atoms with E-state index in [-0.39, 0.29) is 5.60 Å². The number of hydrogen-bond acceptors (Lipinski definition) is 1. The third kappa shape index (κ3) is 2.86. The maximum Gasteiger partial charge on any atom is 0.138 e. The highest BCUT2D eigenvalue weighted by atomic mass is 16.5. The van der Waals surface area contributed by atoms with Gasteiger partial charge in [0.1, 0.15) is 7.85 Å². The van der Waals surface area contributed by atoms with Gasteiger partial charge in [0.2, 0.25) is 0 Å². The molecule has 1 aliphatic carbocycles. The summed E-state index contributed by atoms with van der Waals surface area (Å²) in [6.45, 7) is 4.38. The van der Waals surface area contributed by atoms with E-state index in [0.717, 1.165) is 0 Å². The predicted molar refractivity (Wildman–Crippen MR) is 50.6 cm³/mol. The van der Waals surface area contributed by atoms with Gasteiger partial charge in [0, 0.05) is 6.00 Å². The number of hydrogen-bond donors (Lipinski definition) is 0. The molecular formula is C9H19BO. The Bertz CT molecular complexity index is 117. The van der Waals surface area contributed by atoms with E-state index < -0.39 is 0 Å². The number of ether oxygens (including phenoxy) is 1. The molecule has 0 spiro atoms. The Morgan fingerprint density at radius 3 is 2.27 bits per heavy atom. The number of rotatable bonds is 2. The van der Waals surface area contributed by atoms with Crippen molar-refractivity contribution in [2.45, 2.75) is 57.6 Å². The van der Waals surface area contributed by atoms with Crippen LogP contribution < -0.4 is 0 Å². The molecule has 0 aromatic rings. The first-order chi connectivity index (χ1) is 5.12. The monoisotopic (exact) mass is 154 g/mol. The molecule has 0 bridgehead atoms. The fourth-order valence-electron chi connectivity index (χ4n) is 1.99. The minimum absolute atomic E-state index is 0.201. The smallest absolute Gasteiger partial charge is 0.138 e. The SMILES string of the molecule is BC(C)OC1(C)CCCCC1. The summed E-state index contributed by atoms with van der Waals surface area (Å²) in [7, 11) is 2.12. The molecule has 0 aromatic heterocycles. The molecule has 0 amide bonds. The lowest BCUT2D eigenvalue weighted by Gasteiger charge is -2.35. The van der Waals surface area contributed by atoms with Gasteiger partial charge in [-0.1, -0.05) is 19.3 Å². The molecule has 64 valence electrons. The van der Waals surface area contributed by atoms with E-state index in [1.165, 1.54) is 32.1 Å². The highest BCUT2D eigenvalue weighted by Gasteiger charge is 2.27. The van der Waals surface area contributed by atoms with Crippen molar-refractivity contribution in [2.24, 2.45) is 0 Å². The third-order valence-corrected chi connectivity index (χ3v) is 2.43. The van der Waals surface area contributed by atoms with Gasteiger partial charge in [-0.3, -0.25) is 0 Å². The van der Waals surface area contributed by atoms with Crippen LogP contribution in [0, 0.1) is 0 Å². The Morgan fingerprint density at radius 2 is 1.82 bits per heavy atom. The first-order valence-corrected chi connectivity index (χ1v) is 4.80. The standard InChI is InChI=1S/C9H19BO/c1-8(10)11-9(2)6-4-3-5-7-9/h8H,3-7,10H2,1-2H3. The Labute approximate surface area is 70.9 Å². The van der Waals surface area contributed by atoms with Crippen molar-refractivity contribution in [3.63, 3.8) is 0 Å². The van der Waals surface area contributed by atoms with E-state index in [4.69, 9.17) is 4.74 Å². The van der Waals surface area contributed by atoms with E-state index >= 15 is 0 Å². The summed E-state index contributed by atoms with van der Waals surface area (Å²) >= 11 is 0. The summed E-state index contributed by atoms with van der Waals surface area (Å²) in [5, 5.41) is 0. The maximum atomic E-state index is 5.88. The summed E-state index contributed by atoms with van der Waals surface area (Å²) in [6, 6.07) is 0.387. The summed E-state index contributed by atoms with van der Waals surface area (Å²) in [5.74, 6) is 0. The van der Waals surface area contributed by atoms with Crippen LogP contribution in [0.5, 0.6) is 0 Å². The van der Waals surface area contributed by atoms with Crippen LogP contribution in [0.2, 0.25) is 0 Å². The lowest BCUT2D eigenvalue weighted by Crippen LogP contribution is -2.34. The second-order valence-electron chi connectivity index (χ2n) is 4.18. The maximum absolute atomic E-state index is 5.88. The minimum Gasteiger partial charge on any atom is -0.381 e. The van der Waals surface area contributed by atoms with Crippen molar-refractivity contribution in [3.8, 4) is 0 Å². The molecule has 0 N–H and O–H groups in total. The lowest BCUT2D eigenvalue weighted by atomic mass is 9.85. The Balaban J connectivity index is 2.37. The van der Waals surface area contributed by atoms with Crippen LogP contribution in [0.15, 0.2) is 0 Å². The highest BCUT2D eigenvalue weighted by Crippen LogP contribution is 2.31. The van der Waals surface area contributed by atoms with E-state index in [1.54, 1.807) is 0 Å². The zero-order valence-corrected chi connectivity index (χ0v) is 8.02. The van der Waals surface area contributed by atoms with E-state index in [2.05, 4.69) is 21.7 Å². The molecule has 0 radical (unpaired) electrons. The minimum atomic E-state index is 0.201. The van der Waals surface area contributed by atoms with Crippen LogP contribution in [-0.2, 0) is 4.74 Å². The van der Waals surface area contributed by atoms with Gasteiger partial charge in [-0.05, 0) is 26.7 Å². The third-order valence-electron chi connectivity index (χ3n) is 2.43. The quantitative estimate of drug-likeness (QED) is 0.550. The van der Waals surface area contributed by atoms with Crippen molar-refractivity contribution in [3.05, 3.63) is 0 Å². The molecule has 1 nitrogen and oxygen atoms in total. The van der Waals surface area contributed by atoms with E-state index in [0.29, 0.717) is 6.00 Å². The van der Waals surface area contributed by atoms with E-state index in [9.17, 15) is 0 Å². The average Bonchev–Trinajstić information content (AvgIpc) is 1.85. The summed E-state index contributed by atoms with van der Waals surface area (Å²) in [5.41, 5.74) is 0.201. The largest absolute Gasteiger partial charge is 0.381 e. The molecule has 1 unspecified atom stereocenters. The van der Waals surface area contributed by atoms with Crippen molar-refractivity contribution in [1.82, 2.24) is 0 Å². The zero-order chi connectivity index (χ0) is 8.32. The van der Waals surface area contributed by atoms with Crippen LogP contribution in [0.3, 0.4) is 0 Å². The molecule has 1 aliphatic rings. The molecule has 0 aromatic carbocycles. The van der Waals surface area contributed by atoms with Gasteiger partial charge in [0.15, 0.2) is 0 Å². The summed E-state index contributed by atoms with van der Waals surface area (Å²) < 4.78 is 5.88.